The van der Waals surface area contributed by atoms with E-state index in [1.807, 2.05) is 46.9 Å². The molecule has 1 aromatic rings. The number of aromatic nitrogens is 1. The van der Waals surface area contributed by atoms with Gasteiger partial charge in [-0.05, 0) is 77.6 Å². The molecule has 4 nitrogen and oxygen atoms in total. The highest BCUT2D eigenvalue weighted by molar-refractivity contribution is 5.48. The lowest BCUT2D eigenvalue weighted by Gasteiger charge is -2.19. The number of alkyl halides is 2. The van der Waals surface area contributed by atoms with Crippen LogP contribution in [-0.4, -0.2) is 37.9 Å². The van der Waals surface area contributed by atoms with Crippen LogP contribution >= 0.6 is 0 Å². The van der Waals surface area contributed by atoms with Crippen molar-refractivity contribution in [3.8, 4) is 5.75 Å². The molecule has 0 aliphatic heterocycles. The van der Waals surface area contributed by atoms with Crippen LogP contribution in [0.5, 0.6) is 5.75 Å². The lowest BCUT2D eigenvalue weighted by atomic mass is 9.93. The number of unbranched alkanes of at least 4 members (excludes halogenated alkanes) is 2. The van der Waals surface area contributed by atoms with Gasteiger partial charge in [-0.1, -0.05) is 45.3 Å². The molecule has 1 aromatic heterocycles. The van der Waals surface area contributed by atoms with Crippen LogP contribution in [0.3, 0.4) is 0 Å². The molecule has 1 N–H and O–H groups in total. The number of carbonyl (C=O) groups is 1. The molecule has 0 amide bonds. The standard InChI is InChI=1S/C10H20F2.C7H9NO.C6H10.C5H11NO/c1-4-6-7-10(11,12)8-9(3)5-2;1-6-3-4-7(9-2)5-8-6;1-2-6-4-3-5-6;1-6-4-2-3-5-7/h9H,4-8H2,1-3H3;3-5H,1-2H3;2H,3-5H2,1H3;5-6H,2-4H2,1H3. The zero-order valence-electron chi connectivity index (χ0n) is 22.8. The fraction of sp³-hybridized carbons (Fsp3) is 0.714. The Morgan fingerprint density at radius 3 is 2.26 bits per heavy atom. The van der Waals surface area contributed by atoms with Crippen molar-refractivity contribution >= 4 is 6.29 Å². The molecule has 1 atom stereocenters. The second-order valence-corrected chi connectivity index (χ2v) is 8.73. The molecule has 1 saturated carbocycles. The van der Waals surface area contributed by atoms with E-state index in [1.54, 1.807) is 18.9 Å². The van der Waals surface area contributed by atoms with Gasteiger partial charge in [0.2, 0.25) is 5.92 Å². The molecule has 2 rings (SSSR count). The number of nitrogens with zero attached hydrogens (tertiary/aromatic N) is 1. The summed E-state index contributed by atoms with van der Waals surface area (Å²) >= 11 is 0. The normalized spacial score (nSPS) is 12.9. The summed E-state index contributed by atoms with van der Waals surface area (Å²) in [5.41, 5.74) is 2.66. The Kier molecular flexibility index (Phi) is 23.2. The third kappa shape index (κ3) is 22.0. The van der Waals surface area contributed by atoms with E-state index in [0.29, 0.717) is 12.8 Å². The first kappa shape index (κ1) is 34.3. The number of ether oxygens (including phenoxy) is 1. The quantitative estimate of drug-likeness (QED) is 0.197. The van der Waals surface area contributed by atoms with Gasteiger partial charge in [0.15, 0.2) is 0 Å². The highest BCUT2D eigenvalue weighted by Crippen LogP contribution is 2.30. The second-order valence-electron chi connectivity index (χ2n) is 8.73. The summed E-state index contributed by atoms with van der Waals surface area (Å²) in [5.74, 6) is -1.47. The van der Waals surface area contributed by atoms with Gasteiger partial charge in [-0.15, -0.1) is 0 Å². The minimum Gasteiger partial charge on any atom is -0.495 e. The molecule has 1 heterocycles. The number of carbonyl (C=O) groups excluding carboxylic acids is 1. The van der Waals surface area contributed by atoms with Crippen LogP contribution in [0.15, 0.2) is 30.0 Å². The SMILES string of the molecule is CC=C1CCC1.CCCCC(F)(F)CC(C)CC.CNCCCC=O.COc1ccc(C)nc1. The van der Waals surface area contributed by atoms with Crippen LogP contribution in [0.25, 0.3) is 0 Å². The van der Waals surface area contributed by atoms with Crippen LogP contribution in [-0.2, 0) is 4.79 Å². The van der Waals surface area contributed by atoms with Gasteiger partial charge in [0.25, 0.3) is 0 Å². The highest BCUT2D eigenvalue weighted by Gasteiger charge is 2.29. The largest absolute Gasteiger partial charge is 0.495 e. The Morgan fingerprint density at radius 1 is 1.24 bits per heavy atom. The molecule has 1 aliphatic carbocycles. The Balaban J connectivity index is 0. The number of allylic oxidation sites excluding steroid dienone is 2. The van der Waals surface area contributed by atoms with Gasteiger partial charge >= 0.3 is 0 Å². The van der Waals surface area contributed by atoms with Gasteiger partial charge in [0.1, 0.15) is 12.0 Å². The van der Waals surface area contributed by atoms with E-state index in [2.05, 4.69) is 23.3 Å². The third-order valence-corrected chi connectivity index (χ3v) is 5.51. The maximum atomic E-state index is 13.0. The first-order valence-electron chi connectivity index (χ1n) is 12.8. The summed E-state index contributed by atoms with van der Waals surface area (Å²) in [4.78, 5) is 13.7. The Labute approximate surface area is 208 Å². The molecule has 198 valence electrons. The smallest absolute Gasteiger partial charge is 0.248 e. The average Bonchev–Trinajstić information content (AvgIpc) is 2.79. The molecule has 0 saturated heterocycles. The van der Waals surface area contributed by atoms with E-state index in [1.165, 1.54) is 19.3 Å². The molecule has 0 spiro atoms. The van der Waals surface area contributed by atoms with Crippen molar-refractivity contribution in [3.05, 3.63) is 35.7 Å². The summed E-state index contributed by atoms with van der Waals surface area (Å²) in [6.45, 7) is 10.8. The molecule has 0 aromatic carbocycles. The van der Waals surface area contributed by atoms with E-state index in [-0.39, 0.29) is 18.8 Å². The lowest BCUT2D eigenvalue weighted by molar-refractivity contribution is -0.107. The van der Waals surface area contributed by atoms with Gasteiger partial charge in [0.05, 0.1) is 13.3 Å². The predicted octanol–water partition coefficient (Wildman–Crippen LogP) is 7.95. The molecule has 0 radical (unpaired) electrons. The van der Waals surface area contributed by atoms with Gasteiger partial charge in [-0.25, -0.2) is 8.78 Å². The first-order valence-corrected chi connectivity index (χ1v) is 12.8. The number of pyridine rings is 1. The number of aldehydes is 1. The van der Waals surface area contributed by atoms with Crippen molar-refractivity contribution < 1.29 is 18.3 Å². The minimum atomic E-state index is -2.43. The van der Waals surface area contributed by atoms with Gasteiger partial charge in [0, 0.05) is 25.0 Å². The van der Waals surface area contributed by atoms with E-state index < -0.39 is 5.92 Å². The number of hydrogen-bond acceptors (Lipinski definition) is 4. The summed E-state index contributed by atoms with van der Waals surface area (Å²) in [7, 11) is 3.51. The minimum absolute atomic E-state index is 0.0590. The summed E-state index contributed by atoms with van der Waals surface area (Å²) in [5, 5.41) is 2.94. The van der Waals surface area contributed by atoms with Crippen molar-refractivity contribution in [1.82, 2.24) is 10.3 Å². The van der Waals surface area contributed by atoms with Gasteiger partial charge in [-0.3, -0.25) is 4.98 Å². The number of aryl methyl sites for hydroxylation is 1. The monoisotopic (exact) mass is 484 g/mol. The Hall–Kier alpha value is -1.82. The van der Waals surface area contributed by atoms with Crippen LogP contribution in [0.2, 0.25) is 0 Å². The lowest BCUT2D eigenvalue weighted by Crippen LogP contribution is -2.19. The van der Waals surface area contributed by atoms with Gasteiger partial charge in [-0.2, -0.15) is 0 Å². The van der Waals surface area contributed by atoms with E-state index in [4.69, 9.17) is 4.74 Å². The molecule has 6 heteroatoms. The fourth-order valence-corrected chi connectivity index (χ4v) is 2.80. The molecular formula is C28H50F2N2O2. The number of hydrogen-bond donors (Lipinski definition) is 1. The van der Waals surface area contributed by atoms with Crippen molar-refractivity contribution in [3.63, 3.8) is 0 Å². The first-order chi connectivity index (χ1) is 16.2. The molecule has 34 heavy (non-hydrogen) atoms. The van der Waals surface area contributed by atoms with Crippen molar-refractivity contribution in [2.24, 2.45) is 5.92 Å². The summed E-state index contributed by atoms with van der Waals surface area (Å²) < 4.78 is 31.0. The third-order valence-electron chi connectivity index (χ3n) is 5.51. The number of rotatable bonds is 11. The van der Waals surface area contributed by atoms with Crippen LogP contribution in [0, 0.1) is 12.8 Å². The maximum absolute atomic E-state index is 13.0. The number of methoxy groups -OCH3 is 1. The van der Waals surface area contributed by atoms with E-state index >= 15 is 0 Å². The molecule has 1 aliphatic rings. The number of halogens is 2. The average molecular weight is 485 g/mol. The topological polar surface area (TPSA) is 51.2 Å². The number of nitrogens with one attached hydrogen (secondary N) is 1. The zero-order valence-corrected chi connectivity index (χ0v) is 22.8. The maximum Gasteiger partial charge on any atom is 0.248 e. The molecule has 0 bridgehead atoms. The van der Waals surface area contributed by atoms with Crippen LogP contribution < -0.4 is 10.1 Å². The highest BCUT2D eigenvalue weighted by atomic mass is 19.3. The van der Waals surface area contributed by atoms with E-state index in [0.717, 1.165) is 43.5 Å². The molecule has 1 fully saturated rings. The Bertz CT molecular complexity index is 613. The predicted molar refractivity (Wildman–Crippen MR) is 141 cm³/mol. The molecule has 1 unspecified atom stereocenters. The van der Waals surface area contributed by atoms with Crippen molar-refractivity contribution in [2.75, 3.05) is 20.7 Å². The Morgan fingerprint density at radius 2 is 1.91 bits per heavy atom. The summed E-state index contributed by atoms with van der Waals surface area (Å²) in [6.07, 6.45) is 13.2. The van der Waals surface area contributed by atoms with Crippen LogP contribution in [0.4, 0.5) is 8.78 Å². The van der Waals surface area contributed by atoms with Gasteiger partial charge < -0.3 is 14.8 Å². The van der Waals surface area contributed by atoms with Crippen LogP contribution in [0.1, 0.15) is 97.6 Å². The van der Waals surface area contributed by atoms with E-state index in [9.17, 15) is 13.6 Å². The van der Waals surface area contributed by atoms with Crippen molar-refractivity contribution in [2.45, 2.75) is 105 Å². The molecular weight excluding hydrogens is 434 g/mol. The zero-order chi connectivity index (χ0) is 26.2. The fourth-order valence-electron chi connectivity index (χ4n) is 2.80. The summed E-state index contributed by atoms with van der Waals surface area (Å²) in [6, 6.07) is 3.81. The second kappa shape index (κ2) is 22.9. The van der Waals surface area contributed by atoms with Crippen molar-refractivity contribution in [1.29, 1.82) is 0 Å².